The first-order valence-corrected chi connectivity index (χ1v) is 7.78. The Morgan fingerprint density at radius 3 is 2.62 bits per heavy atom. The van der Waals surface area contributed by atoms with E-state index in [1.54, 1.807) is 6.07 Å². The maximum atomic E-state index is 14.1. The third-order valence-electron chi connectivity index (χ3n) is 3.08. The maximum absolute atomic E-state index is 14.1. The van der Waals surface area contributed by atoms with E-state index in [2.05, 4.69) is 26.1 Å². The predicted octanol–water partition coefficient (Wildman–Crippen LogP) is 3.94. The summed E-state index contributed by atoms with van der Waals surface area (Å²) in [6.45, 7) is 10.8. The fourth-order valence-corrected chi connectivity index (χ4v) is 2.06. The van der Waals surface area contributed by atoms with E-state index in [1.807, 2.05) is 13.0 Å². The molecule has 0 aliphatic carbocycles. The van der Waals surface area contributed by atoms with Crippen LogP contribution in [0.2, 0.25) is 0 Å². The molecule has 4 heteroatoms. The lowest BCUT2D eigenvalue weighted by atomic mass is 10.1. The van der Waals surface area contributed by atoms with Crippen molar-refractivity contribution in [1.29, 1.82) is 0 Å². The van der Waals surface area contributed by atoms with Gasteiger partial charge in [-0.05, 0) is 37.9 Å². The Morgan fingerprint density at radius 2 is 1.95 bits per heavy atom. The van der Waals surface area contributed by atoms with E-state index in [1.165, 1.54) is 6.07 Å². The fraction of sp³-hybridized carbons (Fsp3) is 0.647. The van der Waals surface area contributed by atoms with Gasteiger partial charge in [0, 0.05) is 18.2 Å². The van der Waals surface area contributed by atoms with Crippen LogP contribution in [0.5, 0.6) is 5.75 Å². The summed E-state index contributed by atoms with van der Waals surface area (Å²) >= 11 is 0. The van der Waals surface area contributed by atoms with Gasteiger partial charge in [0.25, 0.3) is 0 Å². The van der Waals surface area contributed by atoms with Crippen molar-refractivity contribution in [2.45, 2.75) is 40.2 Å². The van der Waals surface area contributed by atoms with Crippen LogP contribution in [0.1, 0.15) is 45.7 Å². The smallest absolute Gasteiger partial charge is 0.131 e. The molecule has 3 nitrogen and oxygen atoms in total. The Balaban J connectivity index is 2.58. The molecule has 0 aromatic heterocycles. The Hall–Kier alpha value is -1.13. The van der Waals surface area contributed by atoms with Crippen LogP contribution in [0.3, 0.4) is 0 Å². The van der Waals surface area contributed by atoms with Crippen molar-refractivity contribution in [1.82, 2.24) is 5.32 Å². The molecule has 0 amide bonds. The van der Waals surface area contributed by atoms with Crippen LogP contribution in [-0.2, 0) is 4.74 Å². The maximum Gasteiger partial charge on any atom is 0.131 e. The summed E-state index contributed by atoms with van der Waals surface area (Å²) in [4.78, 5) is 0. The molecular weight excluding hydrogens is 269 g/mol. The Kier molecular flexibility index (Phi) is 8.31. The molecule has 1 unspecified atom stereocenters. The Labute approximate surface area is 127 Å². The summed E-state index contributed by atoms with van der Waals surface area (Å²) in [6, 6.07) is 4.89. The van der Waals surface area contributed by atoms with Crippen LogP contribution in [0.15, 0.2) is 18.2 Å². The normalized spacial score (nSPS) is 12.7. The topological polar surface area (TPSA) is 30.5 Å². The van der Waals surface area contributed by atoms with Crippen molar-refractivity contribution in [3.05, 3.63) is 29.6 Å². The summed E-state index contributed by atoms with van der Waals surface area (Å²) in [5, 5.41) is 3.30. The fourth-order valence-electron chi connectivity index (χ4n) is 2.06. The molecular formula is C17H28FNO2. The van der Waals surface area contributed by atoms with E-state index in [0.29, 0.717) is 37.1 Å². The van der Waals surface area contributed by atoms with Gasteiger partial charge < -0.3 is 14.8 Å². The minimum Gasteiger partial charge on any atom is -0.491 e. The Bertz CT molecular complexity index is 410. The molecule has 0 aliphatic rings. The molecule has 21 heavy (non-hydrogen) atoms. The third kappa shape index (κ3) is 6.44. The molecule has 1 aromatic rings. The molecule has 0 radical (unpaired) electrons. The van der Waals surface area contributed by atoms with Crippen LogP contribution in [-0.4, -0.2) is 26.4 Å². The average molecular weight is 297 g/mol. The molecule has 1 aromatic carbocycles. The molecule has 0 heterocycles. The summed E-state index contributed by atoms with van der Waals surface area (Å²) < 4.78 is 25.2. The molecule has 0 spiro atoms. The summed E-state index contributed by atoms with van der Waals surface area (Å²) in [5.41, 5.74) is 0.592. The molecule has 0 saturated carbocycles. The lowest BCUT2D eigenvalue weighted by Gasteiger charge is -2.19. The number of ether oxygens (including phenoxy) is 2. The molecule has 0 aliphatic heterocycles. The van der Waals surface area contributed by atoms with Crippen molar-refractivity contribution in [3.8, 4) is 5.75 Å². The number of nitrogens with one attached hydrogen (secondary N) is 1. The highest BCUT2D eigenvalue weighted by Gasteiger charge is 2.16. The molecule has 1 N–H and O–H groups in total. The van der Waals surface area contributed by atoms with Crippen LogP contribution in [0.25, 0.3) is 0 Å². The van der Waals surface area contributed by atoms with Crippen LogP contribution < -0.4 is 10.1 Å². The summed E-state index contributed by atoms with van der Waals surface area (Å²) in [7, 11) is 0. The monoisotopic (exact) mass is 297 g/mol. The highest BCUT2D eigenvalue weighted by atomic mass is 19.1. The van der Waals surface area contributed by atoms with Crippen molar-refractivity contribution < 1.29 is 13.9 Å². The highest BCUT2D eigenvalue weighted by Crippen LogP contribution is 2.27. The van der Waals surface area contributed by atoms with Gasteiger partial charge in [-0.2, -0.15) is 0 Å². The van der Waals surface area contributed by atoms with Gasteiger partial charge in [-0.15, -0.1) is 0 Å². The van der Waals surface area contributed by atoms with Gasteiger partial charge >= 0.3 is 0 Å². The lowest BCUT2D eigenvalue weighted by Crippen LogP contribution is -2.21. The summed E-state index contributed by atoms with van der Waals surface area (Å²) in [5.74, 6) is 0.874. The third-order valence-corrected chi connectivity index (χ3v) is 3.08. The van der Waals surface area contributed by atoms with Crippen LogP contribution in [0, 0.1) is 11.7 Å². The number of hydrogen-bond donors (Lipinski definition) is 1. The van der Waals surface area contributed by atoms with E-state index >= 15 is 0 Å². The van der Waals surface area contributed by atoms with Crippen LogP contribution >= 0.6 is 0 Å². The predicted molar refractivity (Wildman–Crippen MR) is 84.3 cm³/mol. The standard InChI is InChI=1S/C17H28FNO2/c1-5-9-19-14(4)17-15(18)7-6-8-16(17)21-11-10-20-12-13(2)3/h6-8,13-14,19H,5,9-12H2,1-4H3. The van der Waals surface area contributed by atoms with Crippen molar-refractivity contribution >= 4 is 0 Å². The van der Waals surface area contributed by atoms with Gasteiger partial charge in [-0.3, -0.25) is 0 Å². The van der Waals surface area contributed by atoms with E-state index in [9.17, 15) is 4.39 Å². The molecule has 1 atom stereocenters. The van der Waals surface area contributed by atoms with Crippen molar-refractivity contribution in [3.63, 3.8) is 0 Å². The van der Waals surface area contributed by atoms with Crippen molar-refractivity contribution in [2.75, 3.05) is 26.4 Å². The van der Waals surface area contributed by atoms with E-state index < -0.39 is 0 Å². The molecule has 0 bridgehead atoms. The van der Waals surface area contributed by atoms with Gasteiger partial charge in [0.2, 0.25) is 0 Å². The summed E-state index contributed by atoms with van der Waals surface area (Å²) in [6.07, 6.45) is 1.01. The second kappa shape index (κ2) is 9.74. The molecule has 120 valence electrons. The van der Waals surface area contributed by atoms with E-state index in [-0.39, 0.29) is 11.9 Å². The Morgan fingerprint density at radius 1 is 1.19 bits per heavy atom. The number of rotatable bonds is 10. The first kappa shape index (κ1) is 17.9. The molecule has 0 saturated heterocycles. The zero-order chi connectivity index (χ0) is 15.7. The first-order chi connectivity index (χ1) is 10.1. The zero-order valence-corrected chi connectivity index (χ0v) is 13.6. The number of halogens is 1. The SMILES string of the molecule is CCCNC(C)c1c(F)cccc1OCCOCC(C)C. The average Bonchev–Trinajstić information content (AvgIpc) is 2.44. The van der Waals surface area contributed by atoms with E-state index in [4.69, 9.17) is 9.47 Å². The number of hydrogen-bond acceptors (Lipinski definition) is 3. The van der Waals surface area contributed by atoms with Gasteiger partial charge in [0.05, 0.1) is 6.61 Å². The van der Waals surface area contributed by atoms with Gasteiger partial charge in [0.1, 0.15) is 18.2 Å². The van der Waals surface area contributed by atoms with E-state index in [0.717, 1.165) is 13.0 Å². The first-order valence-electron chi connectivity index (χ1n) is 7.78. The largest absolute Gasteiger partial charge is 0.491 e. The second-order valence-electron chi connectivity index (χ2n) is 5.64. The highest BCUT2D eigenvalue weighted by molar-refractivity contribution is 5.37. The lowest BCUT2D eigenvalue weighted by molar-refractivity contribution is 0.0813. The minimum absolute atomic E-state index is 0.0715. The second-order valence-corrected chi connectivity index (χ2v) is 5.64. The van der Waals surface area contributed by atoms with Crippen molar-refractivity contribution in [2.24, 2.45) is 5.92 Å². The van der Waals surface area contributed by atoms with Gasteiger partial charge in [-0.1, -0.05) is 26.8 Å². The molecule has 0 fully saturated rings. The quantitative estimate of drug-likeness (QED) is 0.664. The zero-order valence-electron chi connectivity index (χ0n) is 13.6. The molecule has 1 rings (SSSR count). The van der Waals surface area contributed by atoms with Gasteiger partial charge in [0.15, 0.2) is 0 Å². The van der Waals surface area contributed by atoms with Crippen LogP contribution in [0.4, 0.5) is 4.39 Å². The minimum atomic E-state index is -0.230. The number of benzene rings is 1. The van der Waals surface area contributed by atoms with Gasteiger partial charge in [-0.25, -0.2) is 4.39 Å².